The van der Waals surface area contributed by atoms with Crippen molar-refractivity contribution in [3.8, 4) is 0 Å². The maximum Gasteiger partial charge on any atom is 0.258 e. The Balaban J connectivity index is 1.56. The molecular formula is C20H22N4O4S. The molecule has 9 heteroatoms. The van der Waals surface area contributed by atoms with Crippen LogP contribution >= 0.6 is 0 Å². The number of rotatable bonds is 4. The molecule has 3 aromatic rings. The highest BCUT2D eigenvalue weighted by Crippen LogP contribution is 2.22. The Hall–Kier alpha value is -2.75. The number of H-pyrrole nitrogens is 1. The van der Waals surface area contributed by atoms with Crippen molar-refractivity contribution in [1.29, 1.82) is 0 Å². The Kier molecular flexibility index (Phi) is 5.12. The van der Waals surface area contributed by atoms with Crippen molar-refractivity contribution < 1.29 is 17.9 Å². The third kappa shape index (κ3) is 4.02. The first kappa shape index (κ1) is 19.6. The van der Waals surface area contributed by atoms with Crippen LogP contribution in [0.5, 0.6) is 0 Å². The number of aromatic nitrogens is 2. The zero-order valence-electron chi connectivity index (χ0n) is 16.1. The number of aromatic amines is 1. The number of imidazole rings is 1. The van der Waals surface area contributed by atoms with Crippen LogP contribution in [-0.4, -0.2) is 53.9 Å². The molecule has 8 nitrogen and oxygen atoms in total. The van der Waals surface area contributed by atoms with E-state index in [-0.39, 0.29) is 35.8 Å². The number of fused-ring (bicyclic) bond motifs is 1. The van der Waals surface area contributed by atoms with Crippen LogP contribution in [0.2, 0.25) is 0 Å². The van der Waals surface area contributed by atoms with Crippen LogP contribution in [0.1, 0.15) is 24.2 Å². The highest BCUT2D eigenvalue weighted by molar-refractivity contribution is 7.89. The van der Waals surface area contributed by atoms with Crippen LogP contribution in [0.25, 0.3) is 11.0 Å². The third-order valence-electron chi connectivity index (χ3n) is 4.74. The summed E-state index contributed by atoms with van der Waals surface area (Å²) in [6.07, 6.45) is -0.374. The van der Waals surface area contributed by atoms with Crippen molar-refractivity contribution >= 4 is 32.9 Å². The minimum absolute atomic E-state index is 0.0797. The number of carbonyl (C=O) groups is 1. The number of hydrogen-bond acceptors (Lipinski definition) is 5. The van der Waals surface area contributed by atoms with E-state index in [2.05, 4.69) is 15.3 Å². The van der Waals surface area contributed by atoms with Crippen molar-refractivity contribution in [1.82, 2.24) is 14.3 Å². The van der Waals surface area contributed by atoms with E-state index in [0.29, 0.717) is 5.95 Å². The number of nitrogens with zero attached hydrogens (tertiary/aromatic N) is 2. The lowest BCUT2D eigenvalue weighted by molar-refractivity contribution is -0.0440. The molecule has 0 spiro atoms. The highest BCUT2D eigenvalue weighted by Gasteiger charge is 2.32. The molecule has 2 atom stereocenters. The second-order valence-electron chi connectivity index (χ2n) is 7.16. The smallest absolute Gasteiger partial charge is 0.258 e. The van der Waals surface area contributed by atoms with Crippen molar-refractivity contribution in [2.75, 3.05) is 18.4 Å². The zero-order valence-corrected chi connectivity index (χ0v) is 16.9. The molecule has 0 aliphatic carbocycles. The number of amides is 1. The number of anilines is 1. The number of sulfonamides is 1. The van der Waals surface area contributed by atoms with Gasteiger partial charge in [-0.3, -0.25) is 10.1 Å². The van der Waals surface area contributed by atoms with E-state index in [1.807, 2.05) is 38.1 Å². The Morgan fingerprint density at radius 3 is 2.59 bits per heavy atom. The molecule has 0 saturated carbocycles. The molecule has 2 aromatic carbocycles. The van der Waals surface area contributed by atoms with Gasteiger partial charge in [-0.2, -0.15) is 4.31 Å². The van der Waals surface area contributed by atoms with Gasteiger partial charge in [0.05, 0.1) is 28.1 Å². The van der Waals surface area contributed by atoms with Crippen LogP contribution in [-0.2, 0) is 14.8 Å². The van der Waals surface area contributed by atoms with Gasteiger partial charge in [0, 0.05) is 18.7 Å². The highest BCUT2D eigenvalue weighted by atomic mass is 32.2. The third-order valence-corrected chi connectivity index (χ3v) is 6.57. The Bertz CT molecular complexity index is 1120. The monoisotopic (exact) mass is 414 g/mol. The lowest BCUT2D eigenvalue weighted by Crippen LogP contribution is -2.48. The number of nitrogens with one attached hydrogen (secondary N) is 2. The zero-order chi connectivity index (χ0) is 20.6. The second-order valence-corrected chi connectivity index (χ2v) is 9.10. The first-order valence-corrected chi connectivity index (χ1v) is 10.8. The lowest BCUT2D eigenvalue weighted by Gasteiger charge is -2.34. The van der Waals surface area contributed by atoms with Crippen LogP contribution < -0.4 is 5.32 Å². The molecule has 1 saturated heterocycles. The van der Waals surface area contributed by atoms with Crippen molar-refractivity contribution in [2.45, 2.75) is 31.0 Å². The molecule has 1 aliphatic rings. The summed E-state index contributed by atoms with van der Waals surface area (Å²) in [4.78, 5) is 20.1. The molecule has 0 bridgehead atoms. The summed E-state index contributed by atoms with van der Waals surface area (Å²) in [5, 5.41) is 2.69. The number of benzene rings is 2. The quantitative estimate of drug-likeness (QED) is 0.683. The van der Waals surface area contributed by atoms with E-state index >= 15 is 0 Å². The van der Waals surface area contributed by atoms with E-state index in [1.54, 1.807) is 12.1 Å². The molecule has 1 amide bonds. The van der Waals surface area contributed by atoms with Crippen molar-refractivity contribution in [2.24, 2.45) is 0 Å². The maximum absolute atomic E-state index is 13.0. The summed E-state index contributed by atoms with van der Waals surface area (Å²) in [6.45, 7) is 4.24. The molecule has 4 rings (SSSR count). The second kappa shape index (κ2) is 7.58. The maximum atomic E-state index is 13.0. The Labute approximate surface area is 168 Å². The summed E-state index contributed by atoms with van der Waals surface area (Å²) in [6, 6.07) is 13.4. The summed E-state index contributed by atoms with van der Waals surface area (Å²) in [5.41, 5.74) is 1.77. The predicted molar refractivity (Wildman–Crippen MR) is 109 cm³/mol. The average Bonchev–Trinajstić information content (AvgIpc) is 3.09. The van der Waals surface area contributed by atoms with E-state index in [4.69, 9.17) is 4.74 Å². The fourth-order valence-corrected chi connectivity index (χ4v) is 5.10. The minimum atomic E-state index is -3.73. The summed E-state index contributed by atoms with van der Waals surface area (Å²) < 4.78 is 33.1. The number of ether oxygens (including phenoxy) is 1. The molecule has 152 valence electrons. The van der Waals surface area contributed by atoms with Gasteiger partial charge in [0.2, 0.25) is 16.0 Å². The predicted octanol–water partition coefficient (Wildman–Crippen LogP) is 2.61. The van der Waals surface area contributed by atoms with Gasteiger partial charge >= 0.3 is 0 Å². The van der Waals surface area contributed by atoms with Gasteiger partial charge in [-0.15, -0.1) is 0 Å². The fourth-order valence-electron chi connectivity index (χ4n) is 3.47. The van der Waals surface area contributed by atoms with Crippen molar-refractivity contribution in [3.63, 3.8) is 0 Å². The standard InChI is InChI=1S/C20H22N4O4S/c1-13-11-24(12-14(2)28-13)29(26,27)16-7-5-6-15(10-16)19(25)23-20-21-17-8-3-4-9-18(17)22-20/h3-10,13-14H,11-12H2,1-2H3,(H2,21,22,23,25)/t13-,14+. The molecule has 1 aliphatic heterocycles. The summed E-state index contributed by atoms with van der Waals surface area (Å²) in [7, 11) is -3.73. The first-order valence-electron chi connectivity index (χ1n) is 9.35. The van der Waals surface area contributed by atoms with Crippen LogP contribution in [0.4, 0.5) is 5.95 Å². The van der Waals surface area contributed by atoms with Crippen molar-refractivity contribution in [3.05, 3.63) is 54.1 Å². The number of para-hydroxylation sites is 2. The van der Waals surface area contributed by atoms with E-state index < -0.39 is 15.9 Å². The first-order chi connectivity index (χ1) is 13.8. The summed E-state index contributed by atoms with van der Waals surface area (Å²) >= 11 is 0. The number of carbonyl (C=O) groups excluding carboxylic acids is 1. The van der Waals surface area contributed by atoms with E-state index in [1.165, 1.54) is 16.4 Å². The molecular weight excluding hydrogens is 392 g/mol. The van der Waals surface area contributed by atoms with Gasteiger partial charge in [0.25, 0.3) is 5.91 Å². The largest absolute Gasteiger partial charge is 0.373 e. The van der Waals surface area contributed by atoms with Gasteiger partial charge in [0.1, 0.15) is 0 Å². The molecule has 2 heterocycles. The Morgan fingerprint density at radius 2 is 1.86 bits per heavy atom. The van der Waals surface area contributed by atoms with Crippen LogP contribution in [0, 0.1) is 0 Å². The fraction of sp³-hybridized carbons (Fsp3) is 0.300. The average molecular weight is 414 g/mol. The van der Waals surface area contributed by atoms with Crippen LogP contribution in [0.3, 0.4) is 0 Å². The molecule has 1 fully saturated rings. The normalized spacial score (nSPS) is 20.6. The molecule has 29 heavy (non-hydrogen) atoms. The van der Waals surface area contributed by atoms with Gasteiger partial charge in [-0.05, 0) is 44.2 Å². The molecule has 2 N–H and O–H groups in total. The topological polar surface area (TPSA) is 104 Å². The molecule has 0 radical (unpaired) electrons. The van der Waals surface area contributed by atoms with E-state index in [0.717, 1.165) is 11.0 Å². The lowest BCUT2D eigenvalue weighted by atomic mass is 10.2. The van der Waals surface area contributed by atoms with E-state index in [9.17, 15) is 13.2 Å². The molecule has 0 unspecified atom stereocenters. The van der Waals surface area contributed by atoms with Gasteiger partial charge < -0.3 is 9.72 Å². The van der Waals surface area contributed by atoms with Crippen LogP contribution in [0.15, 0.2) is 53.4 Å². The minimum Gasteiger partial charge on any atom is -0.373 e. The van der Waals surface area contributed by atoms with Gasteiger partial charge in [0.15, 0.2) is 0 Å². The summed E-state index contributed by atoms with van der Waals surface area (Å²) in [5.74, 6) is -0.134. The SMILES string of the molecule is C[C@@H]1CN(S(=O)(=O)c2cccc(C(=O)Nc3nc4ccccc4[nH]3)c2)C[C@H](C)O1. The number of morpholine rings is 1. The Morgan fingerprint density at radius 1 is 1.14 bits per heavy atom. The molecule has 1 aromatic heterocycles. The van der Waals surface area contributed by atoms with Gasteiger partial charge in [-0.25, -0.2) is 13.4 Å². The van der Waals surface area contributed by atoms with Gasteiger partial charge in [-0.1, -0.05) is 18.2 Å². The number of hydrogen-bond donors (Lipinski definition) is 2.